The molecule has 1 saturated heterocycles. The maximum Gasteiger partial charge on any atom is 0.317 e. The van der Waals surface area contributed by atoms with Gasteiger partial charge in [-0.2, -0.15) is 0 Å². The lowest BCUT2D eigenvalue weighted by Gasteiger charge is -2.36. The van der Waals surface area contributed by atoms with Crippen LogP contribution in [0.4, 0.5) is 4.79 Å². The highest BCUT2D eigenvalue weighted by molar-refractivity contribution is 7.10. The molecule has 3 heterocycles. The smallest absolute Gasteiger partial charge is 0.317 e. The quantitative estimate of drug-likeness (QED) is 0.724. The molecule has 0 saturated carbocycles. The number of carbonyl (C=O) groups excluding carboxylic acids is 2. The average molecular weight is 441 g/mol. The summed E-state index contributed by atoms with van der Waals surface area (Å²) in [7, 11) is 0. The SMILES string of the molecule is CCNC(=O)C1CCCN(C(=O)NCC(c2ccccc2)N2CCc3sccc3C2)C1. The molecule has 2 unspecified atom stereocenters. The van der Waals surface area contributed by atoms with Gasteiger partial charge in [-0.3, -0.25) is 9.69 Å². The number of benzene rings is 1. The number of carbonyl (C=O) groups is 2. The highest BCUT2D eigenvalue weighted by Gasteiger charge is 2.30. The van der Waals surface area contributed by atoms with Crippen LogP contribution in [0.5, 0.6) is 0 Å². The average Bonchev–Trinajstić information content (AvgIpc) is 3.28. The minimum Gasteiger partial charge on any atom is -0.356 e. The van der Waals surface area contributed by atoms with Crippen LogP contribution in [-0.4, -0.2) is 54.5 Å². The Morgan fingerprint density at radius 2 is 2.00 bits per heavy atom. The van der Waals surface area contributed by atoms with Gasteiger partial charge in [0.25, 0.3) is 0 Å². The van der Waals surface area contributed by atoms with E-state index in [-0.39, 0.29) is 23.9 Å². The molecule has 0 bridgehead atoms. The van der Waals surface area contributed by atoms with E-state index in [1.807, 2.05) is 24.3 Å². The van der Waals surface area contributed by atoms with Crippen molar-refractivity contribution >= 4 is 23.3 Å². The fourth-order valence-corrected chi connectivity index (χ4v) is 5.55. The number of likely N-dealkylation sites (tertiary alicyclic amines) is 1. The van der Waals surface area contributed by atoms with Gasteiger partial charge in [-0.1, -0.05) is 30.3 Å². The first-order chi connectivity index (χ1) is 15.2. The van der Waals surface area contributed by atoms with Crippen molar-refractivity contribution in [1.29, 1.82) is 0 Å². The Balaban J connectivity index is 1.41. The summed E-state index contributed by atoms with van der Waals surface area (Å²) in [6.07, 6.45) is 2.77. The van der Waals surface area contributed by atoms with Crippen LogP contribution in [0.3, 0.4) is 0 Å². The maximum absolute atomic E-state index is 13.0. The Bertz CT molecular complexity index is 885. The molecule has 0 radical (unpaired) electrons. The van der Waals surface area contributed by atoms with Gasteiger partial charge in [0.05, 0.1) is 12.0 Å². The van der Waals surface area contributed by atoms with Gasteiger partial charge in [-0.15, -0.1) is 11.3 Å². The van der Waals surface area contributed by atoms with Crippen molar-refractivity contribution in [2.45, 2.75) is 38.8 Å². The topological polar surface area (TPSA) is 64.7 Å². The van der Waals surface area contributed by atoms with Gasteiger partial charge in [0.1, 0.15) is 0 Å². The van der Waals surface area contributed by atoms with Crippen LogP contribution in [0.25, 0.3) is 0 Å². The molecule has 2 aliphatic heterocycles. The number of rotatable bonds is 6. The number of urea groups is 1. The fraction of sp³-hybridized carbons (Fsp3) is 0.500. The van der Waals surface area contributed by atoms with Crippen molar-refractivity contribution in [2.24, 2.45) is 5.92 Å². The standard InChI is InChI=1S/C24H32N4O2S/c1-2-25-23(29)20-9-6-12-28(17-20)24(30)26-15-21(18-7-4-3-5-8-18)27-13-10-22-19(16-27)11-14-31-22/h3-5,7-8,11,14,20-21H,2,6,9-10,12-13,15-17H2,1H3,(H,25,29)(H,26,30). The summed E-state index contributed by atoms with van der Waals surface area (Å²) >= 11 is 1.84. The molecule has 4 rings (SSSR count). The number of nitrogens with zero attached hydrogens (tertiary/aromatic N) is 2. The molecule has 3 amide bonds. The molecular formula is C24H32N4O2S. The first kappa shape index (κ1) is 21.8. The number of hydrogen-bond acceptors (Lipinski definition) is 4. The fourth-order valence-electron chi connectivity index (χ4n) is 4.66. The van der Waals surface area contributed by atoms with Crippen LogP contribution >= 0.6 is 11.3 Å². The van der Waals surface area contributed by atoms with Crippen molar-refractivity contribution in [2.75, 3.05) is 32.7 Å². The lowest BCUT2D eigenvalue weighted by atomic mass is 9.97. The molecule has 31 heavy (non-hydrogen) atoms. The van der Waals surface area contributed by atoms with Crippen molar-refractivity contribution in [3.63, 3.8) is 0 Å². The molecular weight excluding hydrogens is 408 g/mol. The van der Waals surface area contributed by atoms with Crippen LogP contribution < -0.4 is 10.6 Å². The molecule has 1 aromatic heterocycles. The molecule has 1 aromatic carbocycles. The van der Waals surface area contributed by atoms with E-state index in [4.69, 9.17) is 0 Å². The Labute approximate surface area is 188 Å². The first-order valence-corrected chi connectivity index (χ1v) is 12.2. The molecule has 2 atom stereocenters. The van der Waals surface area contributed by atoms with Gasteiger partial charge in [0.2, 0.25) is 5.91 Å². The Kier molecular flexibility index (Phi) is 7.25. The Morgan fingerprint density at radius 1 is 1.16 bits per heavy atom. The molecule has 7 heteroatoms. The van der Waals surface area contributed by atoms with Crippen LogP contribution in [0.2, 0.25) is 0 Å². The number of hydrogen-bond donors (Lipinski definition) is 2. The number of fused-ring (bicyclic) bond motifs is 1. The van der Waals surface area contributed by atoms with E-state index in [2.05, 4.69) is 51.2 Å². The summed E-state index contributed by atoms with van der Waals surface area (Å²) in [5.41, 5.74) is 2.63. The van der Waals surface area contributed by atoms with E-state index >= 15 is 0 Å². The highest BCUT2D eigenvalue weighted by Crippen LogP contribution is 2.30. The predicted molar refractivity (Wildman–Crippen MR) is 124 cm³/mol. The molecule has 2 aromatic rings. The second kappa shape index (κ2) is 10.3. The van der Waals surface area contributed by atoms with Gasteiger partial charge in [0.15, 0.2) is 0 Å². The molecule has 6 nitrogen and oxygen atoms in total. The van der Waals surface area contributed by atoms with E-state index in [9.17, 15) is 9.59 Å². The largest absolute Gasteiger partial charge is 0.356 e. The van der Waals surface area contributed by atoms with Gasteiger partial charge in [-0.05, 0) is 48.8 Å². The molecule has 2 N–H and O–H groups in total. The zero-order chi connectivity index (χ0) is 21.6. The van der Waals surface area contributed by atoms with E-state index in [0.29, 0.717) is 26.2 Å². The van der Waals surface area contributed by atoms with Crippen molar-refractivity contribution < 1.29 is 9.59 Å². The van der Waals surface area contributed by atoms with E-state index in [1.54, 1.807) is 4.90 Å². The minimum atomic E-state index is -0.108. The molecule has 1 fully saturated rings. The molecule has 2 aliphatic rings. The predicted octanol–water partition coefficient (Wildman–Crippen LogP) is 3.41. The highest BCUT2D eigenvalue weighted by atomic mass is 32.1. The molecule has 0 aliphatic carbocycles. The Morgan fingerprint density at radius 3 is 2.81 bits per heavy atom. The van der Waals surface area contributed by atoms with Gasteiger partial charge >= 0.3 is 6.03 Å². The van der Waals surface area contributed by atoms with E-state index in [1.165, 1.54) is 16.0 Å². The molecule has 0 spiro atoms. The van der Waals surface area contributed by atoms with Crippen molar-refractivity contribution in [1.82, 2.24) is 20.4 Å². The number of nitrogens with one attached hydrogen (secondary N) is 2. The summed E-state index contributed by atoms with van der Waals surface area (Å²) in [4.78, 5) is 31.0. The lowest BCUT2D eigenvalue weighted by Crippen LogP contribution is -2.50. The second-order valence-electron chi connectivity index (χ2n) is 8.38. The third kappa shape index (κ3) is 5.28. The molecule has 166 valence electrons. The van der Waals surface area contributed by atoms with Crippen molar-refractivity contribution in [3.05, 3.63) is 57.8 Å². The maximum atomic E-state index is 13.0. The van der Waals surface area contributed by atoms with Gasteiger partial charge < -0.3 is 15.5 Å². The summed E-state index contributed by atoms with van der Waals surface area (Å²) in [5.74, 6) is -0.0504. The van der Waals surface area contributed by atoms with Crippen LogP contribution in [0.1, 0.15) is 41.8 Å². The number of amides is 3. The van der Waals surface area contributed by atoms with Crippen LogP contribution in [-0.2, 0) is 17.8 Å². The van der Waals surface area contributed by atoms with Crippen LogP contribution in [0, 0.1) is 5.92 Å². The summed E-state index contributed by atoms with van der Waals surface area (Å²) in [5, 5.41) is 8.24. The summed E-state index contributed by atoms with van der Waals surface area (Å²) in [6, 6.07) is 12.7. The lowest BCUT2D eigenvalue weighted by molar-refractivity contribution is -0.126. The van der Waals surface area contributed by atoms with E-state index in [0.717, 1.165) is 32.4 Å². The van der Waals surface area contributed by atoms with Gasteiger partial charge in [0, 0.05) is 44.1 Å². The zero-order valence-corrected chi connectivity index (χ0v) is 19.0. The minimum absolute atomic E-state index is 0.0574. The number of piperidine rings is 1. The van der Waals surface area contributed by atoms with Crippen LogP contribution in [0.15, 0.2) is 41.8 Å². The third-order valence-electron chi connectivity index (χ3n) is 6.34. The monoisotopic (exact) mass is 440 g/mol. The number of thiophene rings is 1. The first-order valence-electron chi connectivity index (χ1n) is 11.3. The normalized spacial score (nSPS) is 20.0. The van der Waals surface area contributed by atoms with Crippen molar-refractivity contribution in [3.8, 4) is 0 Å². The summed E-state index contributed by atoms with van der Waals surface area (Å²) in [6.45, 7) is 6.22. The zero-order valence-electron chi connectivity index (χ0n) is 18.2. The van der Waals surface area contributed by atoms with Gasteiger partial charge in [-0.25, -0.2) is 4.79 Å². The van der Waals surface area contributed by atoms with E-state index < -0.39 is 0 Å². The summed E-state index contributed by atoms with van der Waals surface area (Å²) < 4.78 is 0. The third-order valence-corrected chi connectivity index (χ3v) is 7.36. The second-order valence-corrected chi connectivity index (χ2v) is 9.38. The Hall–Kier alpha value is -2.38.